The van der Waals surface area contributed by atoms with Gasteiger partial charge in [-0.1, -0.05) is 26.2 Å². The summed E-state index contributed by atoms with van der Waals surface area (Å²) in [5.41, 5.74) is 5.91. The Labute approximate surface area is 101 Å². The Hall–Kier alpha value is -1.58. The van der Waals surface area contributed by atoms with Crippen LogP contribution in [0.2, 0.25) is 0 Å². The van der Waals surface area contributed by atoms with Gasteiger partial charge in [-0.2, -0.15) is 0 Å². The van der Waals surface area contributed by atoms with Gasteiger partial charge in [0.2, 0.25) is 0 Å². The van der Waals surface area contributed by atoms with Crippen LogP contribution in [0.5, 0.6) is 0 Å². The van der Waals surface area contributed by atoms with E-state index in [9.17, 15) is 9.18 Å². The fourth-order valence-corrected chi connectivity index (χ4v) is 1.48. The Morgan fingerprint density at radius 2 is 2.12 bits per heavy atom. The molecule has 1 aromatic carbocycles. The molecule has 1 rings (SSSR count). The standard InChI is InChI=1S/C13H18FNO2/c1-2-3-4-5-8-17-13(16)11-9-10(14)6-7-12(11)15/h6-7,9H,2-5,8,15H2,1H3. The highest BCUT2D eigenvalue weighted by Crippen LogP contribution is 2.14. The number of hydrogen-bond donors (Lipinski definition) is 1. The number of carbonyl (C=O) groups excluding carboxylic acids is 1. The molecule has 0 saturated carbocycles. The number of benzene rings is 1. The second kappa shape index (κ2) is 6.89. The highest BCUT2D eigenvalue weighted by molar-refractivity contribution is 5.95. The summed E-state index contributed by atoms with van der Waals surface area (Å²) < 4.78 is 18.0. The lowest BCUT2D eigenvalue weighted by molar-refractivity contribution is 0.0498. The number of nitrogens with two attached hydrogens (primary N) is 1. The van der Waals surface area contributed by atoms with Gasteiger partial charge in [0, 0.05) is 5.69 Å². The third-order valence-electron chi connectivity index (χ3n) is 2.47. The number of ether oxygens (including phenoxy) is 1. The molecule has 0 aromatic heterocycles. The van der Waals surface area contributed by atoms with Crippen LogP contribution in [0.4, 0.5) is 10.1 Å². The van der Waals surface area contributed by atoms with Crippen molar-refractivity contribution >= 4 is 11.7 Å². The molecule has 1 aromatic rings. The second-order valence-corrected chi connectivity index (χ2v) is 3.93. The van der Waals surface area contributed by atoms with Crippen LogP contribution in [0.15, 0.2) is 18.2 Å². The summed E-state index contributed by atoms with van der Waals surface area (Å²) >= 11 is 0. The van der Waals surface area contributed by atoms with E-state index in [1.165, 1.54) is 12.1 Å². The highest BCUT2D eigenvalue weighted by Gasteiger charge is 2.11. The maximum absolute atomic E-state index is 12.9. The molecule has 2 N–H and O–H groups in total. The third-order valence-corrected chi connectivity index (χ3v) is 2.47. The SMILES string of the molecule is CCCCCCOC(=O)c1cc(F)ccc1N. The number of anilines is 1. The Kier molecular flexibility index (Phi) is 5.46. The van der Waals surface area contributed by atoms with Gasteiger partial charge in [0.25, 0.3) is 0 Å². The quantitative estimate of drug-likeness (QED) is 0.471. The lowest BCUT2D eigenvalue weighted by Crippen LogP contribution is -2.09. The molecule has 0 radical (unpaired) electrons. The number of hydrogen-bond acceptors (Lipinski definition) is 3. The van der Waals surface area contributed by atoms with E-state index < -0.39 is 11.8 Å². The van der Waals surface area contributed by atoms with Crippen molar-refractivity contribution < 1.29 is 13.9 Å². The Bertz CT molecular complexity index is 380. The molecule has 0 aliphatic carbocycles. The van der Waals surface area contributed by atoms with E-state index in [0.717, 1.165) is 31.7 Å². The Morgan fingerprint density at radius 3 is 2.82 bits per heavy atom. The lowest BCUT2D eigenvalue weighted by atomic mass is 10.2. The van der Waals surface area contributed by atoms with E-state index in [1.54, 1.807) is 0 Å². The molecule has 0 heterocycles. The predicted octanol–water partition coefficient (Wildman–Crippen LogP) is 3.15. The lowest BCUT2D eigenvalue weighted by Gasteiger charge is -2.06. The average molecular weight is 239 g/mol. The van der Waals surface area contributed by atoms with Crippen molar-refractivity contribution in [1.29, 1.82) is 0 Å². The zero-order valence-corrected chi connectivity index (χ0v) is 10.0. The van der Waals surface area contributed by atoms with Gasteiger partial charge < -0.3 is 10.5 Å². The summed E-state index contributed by atoms with van der Waals surface area (Å²) in [6.07, 6.45) is 4.11. The molecule has 0 spiro atoms. The largest absolute Gasteiger partial charge is 0.462 e. The molecule has 0 aliphatic rings. The third kappa shape index (κ3) is 4.43. The van der Waals surface area contributed by atoms with Gasteiger partial charge in [0.05, 0.1) is 12.2 Å². The molecule has 0 aliphatic heterocycles. The minimum Gasteiger partial charge on any atom is -0.462 e. The van der Waals surface area contributed by atoms with Crippen molar-refractivity contribution in [2.75, 3.05) is 12.3 Å². The van der Waals surface area contributed by atoms with Gasteiger partial charge in [0.15, 0.2) is 0 Å². The molecule has 0 bridgehead atoms. The summed E-state index contributed by atoms with van der Waals surface area (Å²) in [4.78, 5) is 11.6. The van der Waals surface area contributed by atoms with Crippen LogP contribution < -0.4 is 5.73 Å². The van der Waals surface area contributed by atoms with Crippen molar-refractivity contribution in [1.82, 2.24) is 0 Å². The number of esters is 1. The van der Waals surface area contributed by atoms with Crippen molar-refractivity contribution in [3.63, 3.8) is 0 Å². The van der Waals surface area contributed by atoms with Crippen molar-refractivity contribution in [3.8, 4) is 0 Å². The first-order chi connectivity index (χ1) is 8.15. The number of nitrogen functional groups attached to an aromatic ring is 1. The van der Waals surface area contributed by atoms with Crippen molar-refractivity contribution in [2.24, 2.45) is 0 Å². The zero-order chi connectivity index (χ0) is 12.7. The van der Waals surface area contributed by atoms with Crippen LogP contribution in [0.3, 0.4) is 0 Å². The number of rotatable bonds is 6. The van der Waals surface area contributed by atoms with Crippen LogP contribution in [-0.2, 0) is 4.74 Å². The molecule has 94 valence electrons. The maximum Gasteiger partial charge on any atom is 0.340 e. The van der Waals surface area contributed by atoms with E-state index in [4.69, 9.17) is 10.5 Å². The fourth-order valence-electron chi connectivity index (χ4n) is 1.48. The van der Waals surface area contributed by atoms with Gasteiger partial charge in [-0.25, -0.2) is 9.18 Å². The van der Waals surface area contributed by atoms with Gasteiger partial charge >= 0.3 is 5.97 Å². The first kappa shape index (κ1) is 13.5. The average Bonchev–Trinajstić information content (AvgIpc) is 2.32. The molecular formula is C13H18FNO2. The van der Waals surface area contributed by atoms with Crippen LogP contribution in [0, 0.1) is 5.82 Å². The van der Waals surface area contributed by atoms with Crippen LogP contribution in [-0.4, -0.2) is 12.6 Å². The minimum atomic E-state index is -0.557. The number of carbonyl (C=O) groups is 1. The van der Waals surface area contributed by atoms with Gasteiger partial charge in [0.1, 0.15) is 5.82 Å². The second-order valence-electron chi connectivity index (χ2n) is 3.93. The van der Waals surface area contributed by atoms with Crippen LogP contribution in [0.25, 0.3) is 0 Å². The van der Waals surface area contributed by atoms with Gasteiger partial charge in [-0.15, -0.1) is 0 Å². The van der Waals surface area contributed by atoms with E-state index in [1.807, 2.05) is 0 Å². The van der Waals surface area contributed by atoms with Gasteiger partial charge in [-0.05, 0) is 24.6 Å². The summed E-state index contributed by atoms with van der Waals surface area (Å²) in [5, 5.41) is 0. The zero-order valence-electron chi connectivity index (χ0n) is 10.0. The van der Waals surface area contributed by atoms with E-state index in [0.29, 0.717) is 6.61 Å². The molecule has 0 amide bonds. The molecule has 0 fully saturated rings. The summed E-state index contributed by atoms with van der Waals surface area (Å²) in [6.45, 7) is 2.47. The fraction of sp³-hybridized carbons (Fsp3) is 0.462. The Balaban J connectivity index is 2.44. The molecule has 0 unspecified atom stereocenters. The summed E-state index contributed by atoms with van der Waals surface area (Å²) in [6, 6.07) is 3.68. The first-order valence-electron chi connectivity index (χ1n) is 5.87. The smallest absolute Gasteiger partial charge is 0.340 e. The van der Waals surface area contributed by atoms with Gasteiger partial charge in [-0.3, -0.25) is 0 Å². The molecular weight excluding hydrogens is 221 g/mol. The predicted molar refractivity (Wildman–Crippen MR) is 65.2 cm³/mol. The number of unbranched alkanes of at least 4 members (excludes halogenated alkanes) is 3. The highest BCUT2D eigenvalue weighted by atomic mass is 19.1. The first-order valence-corrected chi connectivity index (χ1v) is 5.87. The van der Waals surface area contributed by atoms with E-state index >= 15 is 0 Å². The molecule has 4 heteroatoms. The van der Waals surface area contributed by atoms with E-state index in [-0.39, 0.29) is 11.3 Å². The monoisotopic (exact) mass is 239 g/mol. The summed E-state index contributed by atoms with van der Waals surface area (Å²) in [5.74, 6) is -1.05. The van der Waals surface area contributed by atoms with E-state index in [2.05, 4.69) is 6.92 Å². The molecule has 0 saturated heterocycles. The number of halogens is 1. The van der Waals surface area contributed by atoms with Crippen molar-refractivity contribution in [2.45, 2.75) is 32.6 Å². The minimum absolute atomic E-state index is 0.0977. The normalized spacial score (nSPS) is 10.2. The summed E-state index contributed by atoms with van der Waals surface area (Å²) in [7, 11) is 0. The van der Waals surface area contributed by atoms with Crippen molar-refractivity contribution in [3.05, 3.63) is 29.6 Å². The van der Waals surface area contributed by atoms with Crippen LogP contribution in [0.1, 0.15) is 43.0 Å². The maximum atomic E-state index is 12.9. The molecule has 0 atom stereocenters. The Morgan fingerprint density at radius 1 is 1.35 bits per heavy atom. The topological polar surface area (TPSA) is 52.3 Å². The molecule has 3 nitrogen and oxygen atoms in total. The van der Waals surface area contributed by atoms with Crippen LogP contribution >= 0.6 is 0 Å². The molecule has 17 heavy (non-hydrogen) atoms.